The largest absolute Gasteiger partial charge is 0.349 e. The molecule has 0 radical (unpaired) electrons. The fourth-order valence-electron chi connectivity index (χ4n) is 1.08. The monoisotopic (exact) mass is 158 g/mol. The van der Waals surface area contributed by atoms with Gasteiger partial charge in [0.05, 0.1) is 0 Å². The summed E-state index contributed by atoms with van der Waals surface area (Å²) in [5.74, 6) is 1.13. The molecule has 0 aromatic rings. The van der Waals surface area contributed by atoms with Crippen molar-refractivity contribution < 1.29 is 0 Å². The van der Waals surface area contributed by atoms with E-state index in [1.807, 2.05) is 0 Å². The van der Waals surface area contributed by atoms with Crippen LogP contribution in [-0.4, -0.2) is 28.4 Å². The van der Waals surface area contributed by atoms with Gasteiger partial charge in [0.1, 0.15) is 0 Å². The third kappa shape index (κ3) is 1.66. The van der Waals surface area contributed by atoms with Crippen molar-refractivity contribution in [1.29, 1.82) is 5.41 Å². The first-order valence-corrected chi connectivity index (χ1v) is 4.68. The highest BCUT2D eigenvalue weighted by Crippen LogP contribution is 2.17. The predicted molar refractivity (Wildman–Crippen MR) is 46.6 cm³/mol. The summed E-state index contributed by atoms with van der Waals surface area (Å²) < 4.78 is 0. The molecular weight excluding hydrogens is 144 g/mol. The number of nitrogens with one attached hydrogen (secondary N) is 1. The fourth-order valence-corrected chi connectivity index (χ4v) is 2.02. The lowest BCUT2D eigenvalue weighted by Gasteiger charge is -2.31. The van der Waals surface area contributed by atoms with Crippen molar-refractivity contribution >= 4 is 16.9 Å². The molecule has 1 saturated heterocycles. The molecule has 3 heteroatoms. The molecule has 2 nitrogen and oxygen atoms in total. The van der Waals surface area contributed by atoms with Gasteiger partial charge >= 0.3 is 0 Å². The minimum Gasteiger partial charge on any atom is -0.349 e. The van der Waals surface area contributed by atoms with E-state index in [9.17, 15) is 0 Å². The van der Waals surface area contributed by atoms with Crippen LogP contribution in [0.4, 0.5) is 0 Å². The molecule has 0 spiro atoms. The SMILES string of the molecule is CC(C)N1CCCSC1=N. The van der Waals surface area contributed by atoms with Crippen molar-refractivity contribution in [2.45, 2.75) is 26.3 Å². The van der Waals surface area contributed by atoms with E-state index in [4.69, 9.17) is 5.41 Å². The van der Waals surface area contributed by atoms with Crippen molar-refractivity contribution in [3.8, 4) is 0 Å². The van der Waals surface area contributed by atoms with Gasteiger partial charge in [0.25, 0.3) is 0 Å². The number of nitrogens with zero attached hydrogens (tertiary/aromatic N) is 1. The van der Waals surface area contributed by atoms with Gasteiger partial charge in [-0.3, -0.25) is 5.41 Å². The molecule has 1 fully saturated rings. The Kier molecular flexibility index (Phi) is 2.60. The Morgan fingerprint density at radius 2 is 2.30 bits per heavy atom. The first kappa shape index (κ1) is 7.92. The number of thioether (sulfide) groups is 1. The van der Waals surface area contributed by atoms with Crippen molar-refractivity contribution in [3.63, 3.8) is 0 Å². The Hall–Kier alpha value is -0.180. The second-order valence-corrected chi connectivity index (χ2v) is 3.88. The van der Waals surface area contributed by atoms with E-state index in [2.05, 4.69) is 18.7 Å². The van der Waals surface area contributed by atoms with E-state index >= 15 is 0 Å². The summed E-state index contributed by atoms with van der Waals surface area (Å²) in [6.45, 7) is 5.35. The van der Waals surface area contributed by atoms with E-state index in [-0.39, 0.29) is 0 Å². The first-order chi connectivity index (χ1) is 4.72. The predicted octanol–water partition coefficient (Wildman–Crippen LogP) is 1.77. The van der Waals surface area contributed by atoms with Crippen LogP contribution in [0.5, 0.6) is 0 Å². The van der Waals surface area contributed by atoms with Gasteiger partial charge in [-0.05, 0) is 20.3 Å². The van der Waals surface area contributed by atoms with Crippen LogP contribution in [0, 0.1) is 5.41 Å². The maximum absolute atomic E-state index is 7.57. The molecule has 1 aliphatic heterocycles. The molecule has 0 amide bonds. The van der Waals surface area contributed by atoms with Gasteiger partial charge in [-0.2, -0.15) is 0 Å². The first-order valence-electron chi connectivity index (χ1n) is 3.70. The normalized spacial score (nSPS) is 20.3. The third-order valence-electron chi connectivity index (χ3n) is 1.67. The molecule has 0 bridgehead atoms. The van der Waals surface area contributed by atoms with Gasteiger partial charge in [0.2, 0.25) is 0 Å². The maximum atomic E-state index is 7.57. The quantitative estimate of drug-likeness (QED) is 0.629. The lowest BCUT2D eigenvalue weighted by atomic mass is 10.3. The Morgan fingerprint density at radius 3 is 2.70 bits per heavy atom. The molecule has 0 aromatic heterocycles. The van der Waals surface area contributed by atoms with E-state index in [0.717, 1.165) is 17.5 Å². The topological polar surface area (TPSA) is 27.1 Å². The van der Waals surface area contributed by atoms with Gasteiger partial charge in [0.15, 0.2) is 5.17 Å². The summed E-state index contributed by atoms with van der Waals surface area (Å²) in [6, 6.07) is 0.500. The van der Waals surface area contributed by atoms with Crippen molar-refractivity contribution in [1.82, 2.24) is 4.90 Å². The molecule has 1 heterocycles. The average Bonchev–Trinajstić information content (AvgIpc) is 1.88. The molecule has 1 N–H and O–H groups in total. The molecule has 0 aliphatic carbocycles. The van der Waals surface area contributed by atoms with Crippen LogP contribution in [0.2, 0.25) is 0 Å². The van der Waals surface area contributed by atoms with Gasteiger partial charge < -0.3 is 4.90 Å². The van der Waals surface area contributed by atoms with E-state index in [1.165, 1.54) is 6.42 Å². The summed E-state index contributed by atoms with van der Waals surface area (Å²) in [5, 5.41) is 8.32. The molecule has 1 rings (SSSR count). The standard InChI is InChI=1S/C7H14N2S/c1-6(2)9-4-3-5-10-7(9)8/h6,8H,3-5H2,1-2H3. The molecule has 0 saturated carbocycles. The van der Waals surface area contributed by atoms with E-state index in [0.29, 0.717) is 6.04 Å². The van der Waals surface area contributed by atoms with Crippen molar-refractivity contribution in [2.75, 3.05) is 12.3 Å². The summed E-state index contributed by atoms with van der Waals surface area (Å²) in [4.78, 5) is 2.15. The Labute approximate surface area is 66.5 Å². The van der Waals surface area contributed by atoms with Gasteiger partial charge in [-0.25, -0.2) is 0 Å². The lowest BCUT2D eigenvalue weighted by molar-refractivity contribution is 0.351. The van der Waals surface area contributed by atoms with Crippen LogP contribution in [0.3, 0.4) is 0 Å². The lowest BCUT2D eigenvalue weighted by Crippen LogP contribution is -2.38. The van der Waals surface area contributed by atoms with E-state index in [1.54, 1.807) is 11.8 Å². The summed E-state index contributed by atoms with van der Waals surface area (Å²) >= 11 is 1.66. The third-order valence-corrected chi connectivity index (χ3v) is 2.67. The summed E-state index contributed by atoms with van der Waals surface area (Å²) in [7, 11) is 0. The van der Waals surface area contributed by atoms with Crippen molar-refractivity contribution in [3.05, 3.63) is 0 Å². The number of rotatable bonds is 1. The van der Waals surface area contributed by atoms with Crippen molar-refractivity contribution in [2.24, 2.45) is 0 Å². The van der Waals surface area contributed by atoms with Gasteiger partial charge in [0, 0.05) is 18.3 Å². The van der Waals surface area contributed by atoms with E-state index < -0.39 is 0 Å². The highest BCUT2D eigenvalue weighted by atomic mass is 32.2. The zero-order valence-corrected chi connectivity index (χ0v) is 7.37. The zero-order chi connectivity index (χ0) is 7.56. The Bertz CT molecular complexity index is 134. The minimum atomic E-state index is 0.500. The van der Waals surface area contributed by atoms with Crippen LogP contribution >= 0.6 is 11.8 Å². The average molecular weight is 158 g/mol. The highest BCUT2D eigenvalue weighted by molar-refractivity contribution is 8.13. The summed E-state index contributed by atoms with van der Waals surface area (Å²) in [5.41, 5.74) is 0. The summed E-state index contributed by atoms with van der Waals surface area (Å²) in [6.07, 6.45) is 1.23. The van der Waals surface area contributed by atoms with Gasteiger partial charge in [-0.15, -0.1) is 0 Å². The molecule has 0 unspecified atom stereocenters. The second-order valence-electron chi connectivity index (χ2n) is 2.79. The fraction of sp³-hybridized carbons (Fsp3) is 0.857. The Morgan fingerprint density at radius 1 is 1.60 bits per heavy atom. The van der Waals surface area contributed by atoms with Crippen LogP contribution in [0.1, 0.15) is 20.3 Å². The molecule has 0 aromatic carbocycles. The number of hydrogen-bond donors (Lipinski definition) is 1. The van der Waals surface area contributed by atoms with Crippen LogP contribution in [0.25, 0.3) is 0 Å². The zero-order valence-electron chi connectivity index (χ0n) is 6.55. The highest BCUT2D eigenvalue weighted by Gasteiger charge is 2.17. The van der Waals surface area contributed by atoms with Crippen LogP contribution in [0.15, 0.2) is 0 Å². The number of hydrogen-bond acceptors (Lipinski definition) is 2. The molecule has 58 valence electrons. The molecule has 1 aliphatic rings. The maximum Gasteiger partial charge on any atom is 0.156 e. The molecule has 0 atom stereocenters. The minimum absolute atomic E-state index is 0.500. The molecular formula is C7H14N2S. The smallest absolute Gasteiger partial charge is 0.156 e. The van der Waals surface area contributed by atoms with Crippen LogP contribution < -0.4 is 0 Å². The van der Waals surface area contributed by atoms with Crippen LogP contribution in [-0.2, 0) is 0 Å². The molecule has 10 heavy (non-hydrogen) atoms. The van der Waals surface area contributed by atoms with Gasteiger partial charge in [-0.1, -0.05) is 11.8 Å². The number of amidine groups is 1. The Balaban J connectivity index is 2.48. The second kappa shape index (κ2) is 3.28.